The van der Waals surface area contributed by atoms with Crippen LogP contribution in [-0.4, -0.2) is 26.4 Å². The molecule has 0 atom stereocenters. The number of thiazole rings is 1. The minimum Gasteiger partial charge on any atom is -0.298 e. The summed E-state index contributed by atoms with van der Waals surface area (Å²) in [4.78, 5) is 17.0. The maximum absolute atomic E-state index is 12.6. The van der Waals surface area contributed by atoms with Crippen molar-refractivity contribution in [3.63, 3.8) is 0 Å². The number of anilines is 1. The molecule has 2 N–H and O–H groups in total. The molecule has 0 fully saturated rings. The lowest BCUT2D eigenvalue weighted by molar-refractivity contribution is 0.102. The van der Waals surface area contributed by atoms with Gasteiger partial charge in [-0.3, -0.25) is 10.1 Å². The highest BCUT2D eigenvalue weighted by Gasteiger charge is 2.19. The summed E-state index contributed by atoms with van der Waals surface area (Å²) in [7, 11) is -2.38. The molecule has 1 aromatic heterocycles. The molecule has 1 amide bonds. The van der Waals surface area contributed by atoms with Gasteiger partial charge in [-0.2, -0.15) is 0 Å². The van der Waals surface area contributed by atoms with Crippen LogP contribution in [0.5, 0.6) is 0 Å². The summed E-state index contributed by atoms with van der Waals surface area (Å²) in [5, 5.41) is 3.30. The number of hydrogen-bond donors (Lipinski definition) is 2. The van der Waals surface area contributed by atoms with E-state index >= 15 is 0 Å². The van der Waals surface area contributed by atoms with E-state index < -0.39 is 15.9 Å². The van der Waals surface area contributed by atoms with Gasteiger partial charge in [0.1, 0.15) is 0 Å². The number of rotatable bonds is 4. The summed E-state index contributed by atoms with van der Waals surface area (Å²) in [6.45, 7) is 3.94. The van der Waals surface area contributed by atoms with Gasteiger partial charge in [0.05, 0.1) is 25.7 Å². The summed E-state index contributed by atoms with van der Waals surface area (Å²) in [6, 6.07) is 7.95. The molecule has 6 nitrogen and oxygen atoms in total. The predicted octanol–water partition coefficient (Wildman–Crippen LogP) is 3.73. The van der Waals surface area contributed by atoms with Crippen molar-refractivity contribution in [2.45, 2.75) is 18.7 Å². The number of benzene rings is 2. The van der Waals surface area contributed by atoms with Gasteiger partial charge in [0.2, 0.25) is 10.0 Å². The topological polar surface area (TPSA) is 88.2 Å². The first-order valence-corrected chi connectivity index (χ1v) is 10.3. The largest absolute Gasteiger partial charge is 0.298 e. The number of carbonyl (C=O) groups excluding carboxylic acids is 1. The van der Waals surface area contributed by atoms with Crippen molar-refractivity contribution in [3.8, 4) is 0 Å². The molecule has 136 valence electrons. The molecule has 2 aromatic carbocycles. The molecule has 0 unspecified atom stereocenters. The van der Waals surface area contributed by atoms with Crippen molar-refractivity contribution in [1.82, 2.24) is 9.71 Å². The SMILES string of the molecule is CNS(=O)(=O)c1ccc(Cl)c(C(=O)Nc2nc3c(C)ccc(C)c3s2)c1. The Morgan fingerprint density at radius 1 is 1.15 bits per heavy atom. The highest BCUT2D eigenvalue weighted by molar-refractivity contribution is 7.89. The lowest BCUT2D eigenvalue weighted by Gasteiger charge is -2.07. The summed E-state index contributed by atoms with van der Waals surface area (Å²) in [5.41, 5.74) is 2.99. The fourth-order valence-electron chi connectivity index (χ4n) is 2.44. The van der Waals surface area contributed by atoms with Crippen molar-refractivity contribution >= 4 is 54.2 Å². The van der Waals surface area contributed by atoms with E-state index in [9.17, 15) is 13.2 Å². The smallest absolute Gasteiger partial charge is 0.259 e. The number of fused-ring (bicyclic) bond motifs is 1. The van der Waals surface area contributed by atoms with Crippen LogP contribution >= 0.6 is 22.9 Å². The Morgan fingerprint density at radius 2 is 1.85 bits per heavy atom. The van der Waals surface area contributed by atoms with E-state index in [-0.39, 0.29) is 15.5 Å². The van der Waals surface area contributed by atoms with Gasteiger partial charge in [-0.05, 0) is 50.2 Å². The van der Waals surface area contributed by atoms with Gasteiger partial charge in [-0.1, -0.05) is 35.1 Å². The molecular weight excluding hydrogens is 394 g/mol. The van der Waals surface area contributed by atoms with Crippen LogP contribution in [0.2, 0.25) is 5.02 Å². The molecular formula is C17H16ClN3O3S2. The minimum atomic E-state index is -3.68. The van der Waals surface area contributed by atoms with Crippen LogP contribution in [0.1, 0.15) is 21.5 Å². The Morgan fingerprint density at radius 3 is 2.50 bits per heavy atom. The highest BCUT2D eigenvalue weighted by Crippen LogP contribution is 2.31. The minimum absolute atomic E-state index is 0.0365. The standard InChI is InChI=1S/C17H16ClN3O3S2/c1-9-4-5-10(2)15-14(9)20-17(25-15)21-16(22)12-8-11(6-7-13(12)18)26(23,24)19-3/h4-8,19H,1-3H3,(H,20,21,22). The van der Waals surface area contributed by atoms with E-state index in [1.165, 1.54) is 36.6 Å². The van der Waals surface area contributed by atoms with Gasteiger partial charge in [-0.25, -0.2) is 18.1 Å². The predicted molar refractivity (Wildman–Crippen MR) is 105 cm³/mol. The summed E-state index contributed by atoms with van der Waals surface area (Å²) in [5.74, 6) is -0.516. The highest BCUT2D eigenvalue weighted by atomic mass is 35.5. The number of halogens is 1. The molecule has 3 rings (SSSR count). The second-order valence-corrected chi connectivity index (χ2v) is 8.99. The zero-order valence-corrected chi connectivity index (χ0v) is 16.6. The van der Waals surface area contributed by atoms with Crippen LogP contribution < -0.4 is 10.0 Å². The van der Waals surface area contributed by atoms with Crippen LogP contribution in [0.3, 0.4) is 0 Å². The molecule has 0 aliphatic carbocycles. The van der Waals surface area contributed by atoms with Crippen molar-refractivity contribution in [3.05, 3.63) is 52.0 Å². The second-order valence-electron chi connectivity index (χ2n) is 5.70. The number of hydrogen-bond acceptors (Lipinski definition) is 5. The number of nitrogens with one attached hydrogen (secondary N) is 2. The Hall–Kier alpha value is -2.00. The maximum Gasteiger partial charge on any atom is 0.259 e. The Kier molecular flexibility index (Phi) is 5.03. The third kappa shape index (κ3) is 3.45. The van der Waals surface area contributed by atoms with E-state index in [1.807, 2.05) is 26.0 Å². The lowest BCUT2D eigenvalue weighted by atomic mass is 10.1. The summed E-state index contributed by atoms with van der Waals surface area (Å²) < 4.78 is 27.1. The van der Waals surface area contributed by atoms with E-state index in [1.54, 1.807) is 0 Å². The van der Waals surface area contributed by atoms with Crippen LogP contribution in [0.15, 0.2) is 35.2 Å². The van der Waals surface area contributed by atoms with Crippen LogP contribution in [0.4, 0.5) is 5.13 Å². The van der Waals surface area contributed by atoms with E-state index in [4.69, 9.17) is 11.6 Å². The van der Waals surface area contributed by atoms with Gasteiger partial charge in [-0.15, -0.1) is 0 Å². The van der Waals surface area contributed by atoms with Crippen molar-refractivity contribution < 1.29 is 13.2 Å². The van der Waals surface area contributed by atoms with Gasteiger partial charge < -0.3 is 0 Å². The molecule has 9 heteroatoms. The summed E-state index contributed by atoms with van der Waals surface area (Å²) >= 11 is 7.45. The van der Waals surface area contributed by atoms with Gasteiger partial charge >= 0.3 is 0 Å². The molecule has 0 aliphatic rings. The average molecular weight is 410 g/mol. The normalized spacial score (nSPS) is 11.7. The van der Waals surface area contributed by atoms with E-state index in [2.05, 4.69) is 15.0 Å². The summed E-state index contributed by atoms with van der Waals surface area (Å²) in [6.07, 6.45) is 0. The first kappa shape index (κ1) is 18.8. The number of nitrogens with zero attached hydrogens (tertiary/aromatic N) is 1. The van der Waals surface area contributed by atoms with Crippen molar-refractivity contribution in [2.75, 3.05) is 12.4 Å². The van der Waals surface area contributed by atoms with E-state index in [0.717, 1.165) is 21.3 Å². The number of sulfonamides is 1. The van der Waals surface area contributed by atoms with Crippen LogP contribution in [0, 0.1) is 13.8 Å². The van der Waals surface area contributed by atoms with Gasteiger partial charge in [0.25, 0.3) is 5.91 Å². The van der Waals surface area contributed by atoms with Crippen molar-refractivity contribution in [1.29, 1.82) is 0 Å². The molecule has 0 radical (unpaired) electrons. The Balaban J connectivity index is 1.97. The molecule has 0 spiro atoms. The van der Waals surface area contributed by atoms with Crippen LogP contribution in [-0.2, 0) is 10.0 Å². The molecule has 1 heterocycles. The third-order valence-electron chi connectivity index (χ3n) is 3.92. The number of aromatic nitrogens is 1. The maximum atomic E-state index is 12.6. The molecule has 0 saturated carbocycles. The van der Waals surface area contributed by atoms with Crippen LogP contribution in [0.25, 0.3) is 10.2 Å². The first-order chi connectivity index (χ1) is 12.2. The monoisotopic (exact) mass is 409 g/mol. The fourth-order valence-corrected chi connectivity index (χ4v) is 4.41. The van der Waals surface area contributed by atoms with E-state index in [0.29, 0.717) is 5.13 Å². The molecule has 3 aromatic rings. The molecule has 0 bridgehead atoms. The number of amides is 1. The number of carbonyl (C=O) groups is 1. The Bertz CT molecular complexity index is 1080. The quantitative estimate of drug-likeness (QED) is 0.687. The zero-order valence-electron chi connectivity index (χ0n) is 14.3. The lowest BCUT2D eigenvalue weighted by Crippen LogP contribution is -2.20. The molecule has 0 aliphatic heterocycles. The molecule has 0 saturated heterocycles. The number of aryl methyl sites for hydroxylation is 2. The third-order valence-corrected chi connectivity index (χ3v) is 6.77. The van der Waals surface area contributed by atoms with Gasteiger partial charge in [0, 0.05) is 0 Å². The Labute approximate surface area is 160 Å². The fraction of sp³-hybridized carbons (Fsp3) is 0.176. The van der Waals surface area contributed by atoms with Crippen molar-refractivity contribution in [2.24, 2.45) is 0 Å². The van der Waals surface area contributed by atoms with Gasteiger partial charge in [0.15, 0.2) is 5.13 Å². The first-order valence-electron chi connectivity index (χ1n) is 7.64. The molecule has 26 heavy (non-hydrogen) atoms. The second kappa shape index (κ2) is 6.96. The zero-order chi connectivity index (χ0) is 19.1. The average Bonchev–Trinajstić information content (AvgIpc) is 3.03.